The van der Waals surface area contributed by atoms with E-state index in [2.05, 4.69) is 61.8 Å². The summed E-state index contributed by atoms with van der Waals surface area (Å²) in [7, 11) is 5.95. The molecule has 0 atom stereocenters. The van der Waals surface area contributed by atoms with Crippen molar-refractivity contribution in [2.75, 3.05) is 27.7 Å². The van der Waals surface area contributed by atoms with Gasteiger partial charge in [0.2, 0.25) is 0 Å². The van der Waals surface area contributed by atoms with Gasteiger partial charge in [0, 0.05) is 30.2 Å². The van der Waals surface area contributed by atoms with Crippen LogP contribution in [0.2, 0.25) is 0 Å². The summed E-state index contributed by atoms with van der Waals surface area (Å²) in [5, 5.41) is 1.31. The van der Waals surface area contributed by atoms with Crippen LogP contribution in [-0.4, -0.2) is 37.2 Å². The zero-order valence-corrected chi connectivity index (χ0v) is 13.8. The van der Waals surface area contributed by atoms with Gasteiger partial charge in [0.05, 0.1) is 7.11 Å². The lowest BCUT2D eigenvalue weighted by Crippen LogP contribution is -2.14. The van der Waals surface area contributed by atoms with Gasteiger partial charge in [0.1, 0.15) is 5.75 Å². The maximum absolute atomic E-state index is 5.38. The smallest absolute Gasteiger partial charge is 0.119 e. The molecular weight excluding hydrogens is 260 g/mol. The lowest BCUT2D eigenvalue weighted by Gasteiger charge is -2.08. The molecule has 3 nitrogen and oxygen atoms in total. The number of methoxy groups -OCH3 is 1. The van der Waals surface area contributed by atoms with Crippen molar-refractivity contribution in [3.05, 3.63) is 41.6 Å². The van der Waals surface area contributed by atoms with Crippen molar-refractivity contribution < 1.29 is 4.74 Å². The summed E-state index contributed by atoms with van der Waals surface area (Å²) in [5.41, 5.74) is 4.05. The molecular formula is C18H26N2O. The number of ether oxygens (including phenoxy) is 1. The van der Waals surface area contributed by atoms with Gasteiger partial charge in [-0.1, -0.05) is 11.6 Å². The molecule has 0 N–H and O–H groups in total. The predicted octanol–water partition coefficient (Wildman–Crippen LogP) is 3.72. The highest BCUT2D eigenvalue weighted by Gasteiger charge is 2.10. The highest BCUT2D eigenvalue weighted by Crippen LogP contribution is 2.27. The molecule has 0 saturated carbocycles. The molecule has 0 saturated heterocycles. The summed E-state index contributed by atoms with van der Waals surface area (Å²) < 4.78 is 7.73. The minimum absolute atomic E-state index is 0.925. The lowest BCUT2D eigenvalue weighted by molar-refractivity contribution is 0.413. The molecule has 2 aromatic rings. The molecule has 3 heteroatoms. The topological polar surface area (TPSA) is 17.4 Å². The highest BCUT2D eigenvalue weighted by molar-refractivity contribution is 5.85. The number of rotatable bonds is 6. The first-order chi connectivity index (χ1) is 10.0. The van der Waals surface area contributed by atoms with E-state index < -0.39 is 0 Å². The second-order valence-corrected chi connectivity index (χ2v) is 5.85. The van der Waals surface area contributed by atoms with Crippen molar-refractivity contribution in [2.24, 2.45) is 0 Å². The van der Waals surface area contributed by atoms with E-state index in [0.29, 0.717) is 0 Å². The summed E-state index contributed by atoms with van der Waals surface area (Å²) in [6.45, 7) is 6.27. The standard InChI is InChI=1S/C18H26N2O/c1-6-14(2)12-20-13-15(9-10-19(3)4)17-11-16(21-5)7-8-18(17)20/h6-8,11,13H,9-10,12H2,1-5H3/b14-6+. The van der Waals surface area contributed by atoms with Crippen molar-refractivity contribution in [1.29, 1.82) is 0 Å². The van der Waals surface area contributed by atoms with Crippen LogP contribution in [0.3, 0.4) is 0 Å². The van der Waals surface area contributed by atoms with Crippen molar-refractivity contribution in [2.45, 2.75) is 26.8 Å². The van der Waals surface area contributed by atoms with Gasteiger partial charge in [-0.15, -0.1) is 0 Å². The van der Waals surface area contributed by atoms with E-state index in [0.717, 1.165) is 25.3 Å². The Kier molecular flexibility index (Phi) is 5.07. The summed E-state index contributed by atoms with van der Waals surface area (Å²) >= 11 is 0. The normalized spacial score (nSPS) is 12.4. The molecule has 0 fully saturated rings. The Balaban J connectivity index is 2.44. The van der Waals surface area contributed by atoms with Crippen LogP contribution in [0, 0.1) is 0 Å². The molecule has 0 bridgehead atoms. The summed E-state index contributed by atoms with van der Waals surface area (Å²) in [4.78, 5) is 2.22. The Labute approximate surface area is 127 Å². The third-order valence-corrected chi connectivity index (χ3v) is 3.91. The van der Waals surface area contributed by atoms with Crippen molar-refractivity contribution in [3.63, 3.8) is 0 Å². The number of hydrogen-bond acceptors (Lipinski definition) is 2. The van der Waals surface area contributed by atoms with Crippen LogP contribution in [-0.2, 0) is 13.0 Å². The Morgan fingerprint density at radius 1 is 1.33 bits per heavy atom. The van der Waals surface area contributed by atoms with Gasteiger partial charge >= 0.3 is 0 Å². The minimum atomic E-state index is 0.925. The molecule has 0 amide bonds. The molecule has 1 aromatic carbocycles. The van der Waals surface area contributed by atoms with Gasteiger partial charge in [0.15, 0.2) is 0 Å². The van der Waals surface area contributed by atoms with Gasteiger partial charge in [-0.2, -0.15) is 0 Å². The van der Waals surface area contributed by atoms with Gasteiger partial charge in [-0.25, -0.2) is 0 Å². The number of allylic oxidation sites excluding steroid dienone is 2. The Hall–Kier alpha value is -1.74. The summed E-state index contributed by atoms with van der Waals surface area (Å²) in [6.07, 6.45) is 5.52. The first-order valence-corrected chi connectivity index (χ1v) is 7.47. The fraction of sp³-hybridized carbons (Fsp3) is 0.444. The van der Waals surface area contributed by atoms with E-state index in [4.69, 9.17) is 4.74 Å². The van der Waals surface area contributed by atoms with E-state index in [-0.39, 0.29) is 0 Å². The molecule has 0 aliphatic heterocycles. The zero-order valence-electron chi connectivity index (χ0n) is 13.8. The lowest BCUT2D eigenvalue weighted by atomic mass is 10.1. The molecule has 21 heavy (non-hydrogen) atoms. The Bertz CT molecular complexity index is 638. The van der Waals surface area contributed by atoms with E-state index >= 15 is 0 Å². The van der Waals surface area contributed by atoms with Crippen LogP contribution < -0.4 is 4.74 Å². The third-order valence-electron chi connectivity index (χ3n) is 3.91. The SMILES string of the molecule is C/C=C(\C)Cn1cc(CCN(C)C)c2cc(OC)ccc21. The van der Waals surface area contributed by atoms with E-state index in [1.165, 1.54) is 22.0 Å². The minimum Gasteiger partial charge on any atom is -0.497 e. The largest absolute Gasteiger partial charge is 0.497 e. The Morgan fingerprint density at radius 3 is 2.71 bits per heavy atom. The fourth-order valence-electron chi connectivity index (χ4n) is 2.51. The number of benzene rings is 1. The van der Waals surface area contributed by atoms with Crippen molar-refractivity contribution in [1.82, 2.24) is 9.47 Å². The monoisotopic (exact) mass is 286 g/mol. The summed E-state index contributed by atoms with van der Waals surface area (Å²) in [6, 6.07) is 6.36. The van der Waals surface area contributed by atoms with Crippen LogP contribution in [0.5, 0.6) is 5.75 Å². The average molecular weight is 286 g/mol. The van der Waals surface area contributed by atoms with Gasteiger partial charge in [-0.05, 0) is 58.1 Å². The second-order valence-electron chi connectivity index (χ2n) is 5.85. The van der Waals surface area contributed by atoms with Crippen LogP contribution >= 0.6 is 0 Å². The maximum Gasteiger partial charge on any atom is 0.119 e. The van der Waals surface area contributed by atoms with E-state index in [1.807, 2.05) is 6.07 Å². The van der Waals surface area contributed by atoms with Crippen LogP contribution in [0.1, 0.15) is 19.4 Å². The van der Waals surface area contributed by atoms with E-state index in [9.17, 15) is 0 Å². The predicted molar refractivity (Wildman–Crippen MR) is 90.2 cm³/mol. The maximum atomic E-state index is 5.38. The third kappa shape index (κ3) is 3.67. The zero-order chi connectivity index (χ0) is 15.4. The highest BCUT2D eigenvalue weighted by atomic mass is 16.5. The molecule has 1 aromatic heterocycles. The van der Waals surface area contributed by atoms with Gasteiger partial charge in [-0.3, -0.25) is 0 Å². The molecule has 0 radical (unpaired) electrons. The van der Waals surface area contributed by atoms with Crippen molar-refractivity contribution in [3.8, 4) is 5.75 Å². The Morgan fingerprint density at radius 2 is 2.10 bits per heavy atom. The number of fused-ring (bicyclic) bond motifs is 1. The molecule has 1 heterocycles. The number of nitrogens with zero attached hydrogens (tertiary/aromatic N) is 2. The number of likely N-dealkylation sites (N-methyl/N-ethyl adjacent to an activating group) is 1. The molecule has 0 aliphatic rings. The second kappa shape index (κ2) is 6.81. The van der Waals surface area contributed by atoms with Crippen LogP contribution in [0.25, 0.3) is 10.9 Å². The molecule has 0 spiro atoms. The molecule has 114 valence electrons. The van der Waals surface area contributed by atoms with Gasteiger partial charge in [0.25, 0.3) is 0 Å². The van der Waals surface area contributed by atoms with Crippen molar-refractivity contribution >= 4 is 10.9 Å². The summed E-state index contributed by atoms with van der Waals surface area (Å²) in [5.74, 6) is 0.925. The van der Waals surface area contributed by atoms with E-state index in [1.54, 1.807) is 7.11 Å². The number of hydrogen-bond donors (Lipinski definition) is 0. The van der Waals surface area contributed by atoms with Gasteiger partial charge < -0.3 is 14.2 Å². The first-order valence-electron chi connectivity index (χ1n) is 7.47. The average Bonchev–Trinajstić information content (AvgIpc) is 2.82. The fourth-order valence-corrected chi connectivity index (χ4v) is 2.51. The first kappa shape index (κ1) is 15.6. The molecule has 2 rings (SSSR count). The van der Waals surface area contributed by atoms with Crippen LogP contribution in [0.4, 0.5) is 0 Å². The molecule has 0 aliphatic carbocycles. The molecule has 0 unspecified atom stereocenters. The quantitative estimate of drug-likeness (QED) is 0.753. The van der Waals surface area contributed by atoms with Crippen LogP contribution in [0.15, 0.2) is 36.0 Å². The number of aromatic nitrogens is 1.